The van der Waals surface area contributed by atoms with E-state index in [-0.39, 0.29) is 5.91 Å². The quantitative estimate of drug-likeness (QED) is 0.611. The number of para-hydroxylation sites is 1. The zero-order valence-corrected chi connectivity index (χ0v) is 17.8. The number of hydrogen-bond acceptors (Lipinski definition) is 5. The zero-order valence-electron chi connectivity index (χ0n) is 17.0. The Bertz CT molecular complexity index is 965. The Labute approximate surface area is 175 Å². The first kappa shape index (κ1) is 19.7. The molecule has 0 aliphatic carbocycles. The molecule has 1 fully saturated rings. The van der Waals surface area contributed by atoms with Crippen LogP contribution in [0.2, 0.25) is 0 Å². The highest BCUT2D eigenvalue weighted by Gasteiger charge is 2.24. The maximum Gasteiger partial charge on any atom is 0.242 e. The van der Waals surface area contributed by atoms with E-state index in [0.717, 1.165) is 53.4 Å². The van der Waals surface area contributed by atoms with Gasteiger partial charge < -0.3 is 14.5 Å². The molecule has 0 bridgehead atoms. The number of likely N-dealkylation sites (tertiary alicyclic amines) is 1. The van der Waals surface area contributed by atoms with Gasteiger partial charge in [-0.2, -0.15) is 0 Å². The molecule has 1 aliphatic heterocycles. The summed E-state index contributed by atoms with van der Waals surface area (Å²) in [6.07, 6.45) is 3.25. The summed E-state index contributed by atoms with van der Waals surface area (Å²) in [5.41, 5.74) is 2.25. The van der Waals surface area contributed by atoms with Crippen LogP contribution in [0.1, 0.15) is 18.4 Å². The van der Waals surface area contributed by atoms with Gasteiger partial charge >= 0.3 is 0 Å². The smallest absolute Gasteiger partial charge is 0.242 e. The lowest BCUT2D eigenvalue weighted by molar-refractivity contribution is -0.131. The van der Waals surface area contributed by atoms with Crippen LogP contribution in [0.4, 0.5) is 5.13 Å². The molecule has 0 saturated carbocycles. The fourth-order valence-electron chi connectivity index (χ4n) is 3.94. The molecular weight excluding hydrogens is 382 g/mol. The average molecular weight is 410 g/mol. The maximum absolute atomic E-state index is 12.8. The van der Waals surface area contributed by atoms with Crippen LogP contribution >= 0.6 is 11.3 Å². The van der Waals surface area contributed by atoms with E-state index in [2.05, 4.69) is 35.3 Å². The van der Waals surface area contributed by atoms with Gasteiger partial charge in [-0.25, -0.2) is 4.98 Å². The van der Waals surface area contributed by atoms with Crippen molar-refractivity contribution >= 4 is 32.6 Å². The van der Waals surface area contributed by atoms with Gasteiger partial charge in [-0.1, -0.05) is 47.7 Å². The zero-order chi connectivity index (χ0) is 20.2. The molecule has 0 N–H and O–H groups in total. The summed E-state index contributed by atoms with van der Waals surface area (Å²) in [5, 5.41) is 0.844. The van der Waals surface area contributed by atoms with Crippen molar-refractivity contribution in [2.45, 2.75) is 19.3 Å². The standard InChI is InChI=1S/C23H27N3O2S/c1-25(23-24-22-19(28-2)9-6-10-20(22)29-23)16-21(27)26-13-11-18(12-14-26)15-17-7-4-3-5-8-17/h3-10,18H,11-16H2,1-2H3. The summed E-state index contributed by atoms with van der Waals surface area (Å²) < 4.78 is 6.47. The Morgan fingerprint density at radius 3 is 2.66 bits per heavy atom. The van der Waals surface area contributed by atoms with E-state index in [1.807, 2.05) is 35.0 Å². The Morgan fingerprint density at radius 2 is 1.93 bits per heavy atom. The minimum absolute atomic E-state index is 0.178. The van der Waals surface area contributed by atoms with Crippen molar-refractivity contribution in [2.75, 3.05) is 38.7 Å². The summed E-state index contributed by atoms with van der Waals surface area (Å²) in [6.45, 7) is 2.04. The Balaban J connectivity index is 1.33. The molecule has 1 aliphatic rings. The normalized spacial score (nSPS) is 14.9. The number of likely N-dealkylation sites (N-methyl/N-ethyl adjacent to an activating group) is 1. The third-order valence-corrected chi connectivity index (χ3v) is 6.76. The summed E-state index contributed by atoms with van der Waals surface area (Å²) in [5.74, 6) is 1.61. The summed E-state index contributed by atoms with van der Waals surface area (Å²) >= 11 is 1.59. The van der Waals surface area contributed by atoms with E-state index in [9.17, 15) is 4.79 Å². The minimum atomic E-state index is 0.178. The van der Waals surface area contributed by atoms with Crippen molar-refractivity contribution in [3.05, 3.63) is 54.1 Å². The fourth-order valence-corrected chi connectivity index (χ4v) is 4.89. The molecule has 1 aromatic heterocycles. The minimum Gasteiger partial charge on any atom is -0.494 e. The largest absolute Gasteiger partial charge is 0.494 e. The van der Waals surface area contributed by atoms with E-state index >= 15 is 0 Å². The molecular formula is C23H27N3O2S. The third kappa shape index (κ3) is 4.53. The van der Waals surface area contributed by atoms with Gasteiger partial charge in [0.25, 0.3) is 0 Å². The number of carbonyl (C=O) groups is 1. The van der Waals surface area contributed by atoms with Crippen LogP contribution in [0, 0.1) is 5.92 Å². The van der Waals surface area contributed by atoms with Gasteiger partial charge in [0.2, 0.25) is 5.91 Å². The van der Waals surface area contributed by atoms with E-state index in [1.54, 1.807) is 18.4 Å². The molecule has 0 radical (unpaired) electrons. The number of carbonyl (C=O) groups excluding carboxylic acids is 1. The van der Waals surface area contributed by atoms with Crippen molar-refractivity contribution in [2.24, 2.45) is 5.92 Å². The lowest BCUT2D eigenvalue weighted by Gasteiger charge is -2.33. The molecule has 1 saturated heterocycles. The molecule has 0 spiro atoms. The number of aromatic nitrogens is 1. The van der Waals surface area contributed by atoms with Crippen LogP contribution in [0.25, 0.3) is 10.2 Å². The lowest BCUT2D eigenvalue weighted by atomic mass is 9.90. The second-order valence-electron chi connectivity index (χ2n) is 7.67. The van der Waals surface area contributed by atoms with Crippen molar-refractivity contribution < 1.29 is 9.53 Å². The average Bonchev–Trinajstić information content (AvgIpc) is 3.19. The number of rotatable bonds is 6. The van der Waals surface area contributed by atoms with Crippen molar-refractivity contribution in [3.63, 3.8) is 0 Å². The Kier molecular flexibility index (Phi) is 6.00. The van der Waals surface area contributed by atoms with E-state index in [1.165, 1.54) is 5.56 Å². The van der Waals surface area contributed by atoms with Crippen LogP contribution < -0.4 is 9.64 Å². The maximum atomic E-state index is 12.8. The molecule has 2 aromatic carbocycles. The molecule has 29 heavy (non-hydrogen) atoms. The molecule has 3 aromatic rings. The molecule has 5 nitrogen and oxygen atoms in total. The van der Waals surface area contributed by atoms with E-state index in [4.69, 9.17) is 4.74 Å². The molecule has 2 heterocycles. The first-order valence-electron chi connectivity index (χ1n) is 10.1. The molecule has 152 valence electrons. The molecule has 4 rings (SSSR count). The van der Waals surface area contributed by atoms with Crippen molar-refractivity contribution in [1.29, 1.82) is 0 Å². The highest BCUT2D eigenvalue weighted by Crippen LogP contribution is 2.33. The predicted molar refractivity (Wildman–Crippen MR) is 119 cm³/mol. The molecule has 6 heteroatoms. The topological polar surface area (TPSA) is 45.7 Å². The number of piperidine rings is 1. The van der Waals surface area contributed by atoms with Crippen LogP contribution in [0.3, 0.4) is 0 Å². The summed E-state index contributed by atoms with van der Waals surface area (Å²) in [6, 6.07) is 16.6. The van der Waals surface area contributed by atoms with Gasteiger partial charge in [0, 0.05) is 20.1 Å². The number of amides is 1. The van der Waals surface area contributed by atoms with Crippen molar-refractivity contribution in [3.8, 4) is 5.75 Å². The summed E-state index contributed by atoms with van der Waals surface area (Å²) in [4.78, 5) is 21.5. The highest BCUT2D eigenvalue weighted by molar-refractivity contribution is 7.22. The second-order valence-corrected chi connectivity index (χ2v) is 8.68. The van der Waals surface area contributed by atoms with E-state index in [0.29, 0.717) is 12.5 Å². The monoisotopic (exact) mass is 409 g/mol. The van der Waals surface area contributed by atoms with Gasteiger partial charge in [-0.05, 0) is 42.9 Å². The molecule has 1 amide bonds. The summed E-state index contributed by atoms with van der Waals surface area (Å²) in [7, 11) is 3.59. The van der Waals surface area contributed by atoms with Crippen LogP contribution in [-0.4, -0.2) is 49.6 Å². The highest BCUT2D eigenvalue weighted by atomic mass is 32.1. The Hall–Kier alpha value is -2.60. The number of benzene rings is 2. The second kappa shape index (κ2) is 8.82. The first-order valence-corrected chi connectivity index (χ1v) is 10.9. The van der Waals surface area contributed by atoms with Gasteiger partial charge in [0.1, 0.15) is 11.3 Å². The van der Waals surface area contributed by atoms with Crippen LogP contribution in [0.5, 0.6) is 5.75 Å². The van der Waals surface area contributed by atoms with Crippen LogP contribution in [-0.2, 0) is 11.2 Å². The van der Waals surface area contributed by atoms with E-state index < -0.39 is 0 Å². The van der Waals surface area contributed by atoms with Crippen molar-refractivity contribution in [1.82, 2.24) is 9.88 Å². The van der Waals surface area contributed by atoms with Gasteiger partial charge in [-0.15, -0.1) is 0 Å². The lowest BCUT2D eigenvalue weighted by Crippen LogP contribution is -2.43. The molecule has 0 atom stereocenters. The number of methoxy groups -OCH3 is 1. The number of ether oxygens (including phenoxy) is 1. The number of hydrogen-bond donors (Lipinski definition) is 0. The van der Waals surface area contributed by atoms with Gasteiger partial charge in [0.15, 0.2) is 5.13 Å². The van der Waals surface area contributed by atoms with Gasteiger partial charge in [0.05, 0.1) is 18.4 Å². The predicted octanol–water partition coefficient (Wildman–Crippen LogP) is 4.22. The number of thiazole rings is 1. The molecule has 0 unspecified atom stereocenters. The third-order valence-electron chi connectivity index (χ3n) is 5.62. The van der Waals surface area contributed by atoms with Crippen LogP contribution in [0.15, 0.2) is 48.5 Å². The number of fused-ring (bicyclic) bond motifs is 1. The first-order chi connectivity index (χ1) is 14.1. The van der Waals surface area contributed by atoms with Gasteiger partial charge in [-0.3, -0.25) is 4.79 Å². The Morgan fingerprint density at radius 1 is 1.17 bits per heavy atom. The fraction of sp³-hybridized carbons (Fsp3) is 0.391. The SMILES string of the molecule is COc1cccc2sc(N(C)CC(=O)N3CCC(Cc4ccccc4)CC3)nc12. The number of anilines is 1. The number of nitrogens with zero attached hydrogens (tertiary/aromatic N) is 3.